The minimum absolute atomic E-state index is 0.112. The molecular formula is C23H28N2O2. The van der Waals surface area contributed by atoms with Crippen molar-refractivity contribution in [1.29, 1.82) is 0 Å². The lowest BCUT2D eigenvalue weighted by molar-refractivity contribution is -0.125. The van der Waals surface area contributed by atoms with Gasteiger partial charge in [-0.25, -0.2) is 0 Å². The molecule has 1 aliphatic rings. The number of amides is 2. The molecule has 4 nitrogen and oxygen atoms in total. The molecule has 2 amide bonds. The number of nitrogens with zero attached hydrogens (tertiary/aromatic N) is 1. The lowest BCUT2D eigenvalue weighted by Crippen LogP contribution is -2.38. The summed E-state index contributed by atoms with van der Waals surface area (Å²) in [5.74, 6) is 0.0174. The molecule has 0 spiro atoms. The van der Waals surface area contributed by atoms with Crippen LogP contribution >= 0.6 is 0 Å². The zero-order chi connectivity index (χ0) is 19.6. The second-order valence-corrected chi connectivity index (χ2v) is 8.20. The quantitative estimate of drug-likeness (QED) is 0.845. The van der Waals surface area contributed by atoms with Gasteiger partial charge in [-0.2, -0.15) is 0 Å². The Balaban J connectivity index is 1.72. The van der Waals surface area contributed by atoms with Gasteiger partial charge in [0.15, 0.2) is 0 Å². The number of nitrogens with one attached hydrogen (secondary N) is 1. The van der Waals surface area contributed by atoms with E-state index in [1.54, 1.807) is 0 Å². The third-order valence-corrected chi connectivity index (χ3v) is 4.87. The van der Waals surface area contributed by atoms with E-state index in [4.69, 9.17) is 0 Å². The van der Waals surface area contributed by atoms with Gasteiger partial charge in [-0.1, -0.05) is 46.2 Å². The van der Waals surface area contributed by atoms with Gasteiger partial charge < -0.3 is 10.2 Å². The Morgan fingerprint density at radius 2 is 1.78 bits per heavy atom. The fourth-order valence-corrected chi connectivity index (χ4v) is 3.41. The van der Waals surface area contributed by atoms with Crippen molar-refractivity contribution >= 4 is 23.2 Å². The number of carbonyl (C=O) groups excluding carboxylic acids is 2. The van der Waals surface area contributed by atoms with E-state index in [2.05, 4.69) is 12.2 Å². The van der Waals surface area contributed by atoms with Crippen LogP contribution in [-0.4, -0.2) is 18.4 Å². The number of aryl methyl sites for hydroxylation is 1. The molecule has 142 valence electrons. The number of carbonyl (C=O) groups is 2. The second kappa shape index (κ2) is 7.55. The molecule has 2 aromatic rings. The van der Waals surface area contributed by atoms with Gasteiger partial charge in [-0.05, 0) is 54.3 Å². The van der Waals surface area contributed by atoms with Crippen molar-refractivity contribution in [1.82, 2.24) is 0 Å². The average molecular weight is 364 g/mol. The largest absolute Gasteiger partial charge is 0.322 e. The van der Waals surface area contributed by atoms with Crippen molar-refractivity contribution in [3.63, 3.8) is 0 Å². The predicted octanol–water partition coefficient (Wildman–Crippen LogP) is 4.83. The van der Waals surface area contributed by atoms with Crippen molar-refractivity contribution in [2.75, 3.05) is 16.8 Å². The minimum atomic E-state index is -0.404. The molecule has 0 bridgehead atoms. The number of hydrogen-bond acceptors (Lipinski definition) is 2. The van der Waals surface area contributed by atoms with Crippen LogP contribution in [-0.2, 0) is 17.6 Å². The molecule has 0 aromatic heterocycles. The second-order valence-electron chi connectivity index (χ2n) is 8.20. The van der Waals surface area contributed by atoms with E-state index >= 15 is 0 Å². The summed E-state index contributed by atoms with van der Waals surface area (Å²) in [6.07, 6.45) is 2.93. The summed E-state index contributed by atoms with van der Waals surface area (Å²) in [5, 5.41) is 2.97. The van der Waals surface area contributed by atoms with Crippen LogP contribution in [0.2, 0.25) is 0 Å². The lowest BCUT2D eigenvalue weighted by atomic mass is 9.94. The standard InChI is InChI=1S/C23H28N2O2/c1-5-6-16-7-9-17(10-8-16)21(26)24-19-11-12-20-18(15-19)13-14-25(20)22(27)23(2,3)4/h7-12,15H,5-6,13-14H2,1-4H3,(H,24,26). The zero-order valence-corrected chi connectivity index (χ0v) is 16.6. The van der Waals surface area contributed by atoms with Crippen LogP contribution in [0.3, 0.4) is 0 Å². The summed E-state index contributed by atoms with van der Waals surface area (Å²) in [6, 6.07) is 13.6. The third kappa shape index (κ3) is 4.21. The van der Waals surface area contributed by atoms with Crippen LogP contribution in [0.5, 0.6) is 0 Å². The van der Waals surface area contributed by atoms with Gasteiger partial charge >= 0.3 is 0 Å². The molecule has 0 unspecified atom stereocenters. The average Bonchev–Trinajstić information content (AvgIpc) is 3.04. The van der Waals surface area contributed by atoms with E-state index in [-0.39, 0.29) is 11.8 Å². The molecule has 1 N–H and O–H groups in total. The van der Waals surface area contributed by atoms with Crippen LogP contribution in [0.25, 0.3) is 0 Å². The van der Waals surface area contributed by atoms with Crippen molar-refractivity contribution in [2.24, 2.45) is 5.41 Å². The number of fused-ring (bicyclic) bond motifs is 1. The number of hydrogen-bond donors (Lipinski definition) is 1. The van der Waals surface area contributed by atoms with Crippen LogP contribution in [0.1, 0.15) is 55.6 Å². The maximum atomic E-state index is 12.6. The highest BCUT2D eigenvalue weighted by Gasteiger charge is 2.32. The minimum Gasteiger partial charge on any atom is -0.322 e. The highest BCUT2D eigenvalue weighted by atomic mass is 16.2. The Bertz CT molecular complexity index is 848. The third-order valence-electron chi connectivity index (χ3n) is 4.87. The van der Waals surface area contributed by atoms with Crippen molar-refractivity contribution in [3.05, 3.63) is 59.2 Å². The summed E-state index contributed by atoms with van der Waals surface area (Å²) < 4.78 is 0. The molecule has 0 radical (unpaired) electrons. The first-order valence-electron chi connectivity index (χ1n) is 9.65. The summed E-state index contributed by atoms with van der Waals surface area (Å²) in [6.45, 7) is 8.65. The maximum absolute atomic E-state index is 12.6. The molecule has 0 saturated heterocycles. The zero-order valence-electron chi connectivity index (χ0n) is 16.6. The van der Waals surface area contributed by atoms with E-state index in [1.807, 2.05) is 68.1 Å². The maximum Gasteiger partial charge on any atom is 0.255 e. The van der Waals surface area contributed by atoms with E-state index in [0.29, 0.717) is 12.1 Å². The normalized spacial score (nSPS) is 13.4. The molecule has 0 aliphatic carbocycles. The fourth-order valence-electron chi connectivity index (χ4n) is 3.41. The van der Waals surface area contributed by atoms with E-state index in [9.17, 15) is 9.59 Å². The first-order valence-corrected chi connectivity index (χ1v) is 9.65. The molecule has 1 heterocycles. The lowest BCUT2D eigenvalue weighted by Gasteiger charge is -2.26. The highest BCUT2D eigenvalue weighted by molar-refractivity contribution is 6.05. The van der Waals surface area contributed by atoms with Crippen LogP contribution in [0.4, 0.5) is 11.4 Å². The predicted molar refractivity (Wildman–Crippen MR) is 110 cm³/mol. The van der Waals surface area contributed by atoms with Gasteiger partial charge in [0.25, 0.3) is 5.91 Å². The molecule has 3 rings (SSSR count). The molecule has 0 atom stereocenters. The Morgan fingerprint density at radius 3 is 2.41 bits per heavy atom. The Hall–Kier alpha value is -2.62. The van der Waals surface area contributed by atoms with Crippen LogP contribution in [0.15, 0.2) is 42.5 Å². The van der Waals surface area contributed by atoms with Crippen molar-refractivity contribution < 1.29 is 9.59 Å². The molecule has 0 saturated carbocycles. The summed E-state index contributed by atoms with van der Waals surface area (Å²) >= 11 is 0. The fraction of sp³-hybridized carbons (Fsp3) is 0.391. The van der Waals surface area contributed by atoms with E-state index in [1.165, 1.54) is 5.56 Å². The monoisotopic (exact) mass is 364 g/mol. The first kappa shape index (κ1) is 19.2. The topological polar surface area (TPSA) is 49.4 Å². The first-order chi connectivity index (χ1) is 12.8. The summed E-state index contributed by atoms with van der Waals surface area (Å²) in [4.78, 5) is 27.0. The molecule has 1 aliphatic heterocycles. The Kier molecular flexibility index (Phi) is 5.36. The SMILES string of the molecule is CCCc1ccc(C(=O)Nc2ccc3c(c2)CCN3C(=O)C(C)(C)C)cc1. The molecule has 0 fully saturated rings. The van der Waals surface area contributed by atoms with E-state index in [0.717, 1.165) is 36.2 Å². The van der Waals surface area contributed by atoms with Gasteiger partial charge in [0.1, 0.15) is 0 Å². The van der Waals surface area contributed by atoms with Crippen LogP contribution in [0, 0.1) is 5.41 Å². The Morgan fingerprint density at radius 1 is 1.07 bits per heavy atom. The van der Waals surface area contributed by atoms with Crippen molar-refractivity contribution in [3.8, 4) is 0 Å². The number of anilines is 2. The van der Waals surface area contributed by atoms with Gasteiger partial charge in [0.2, 0.25) is 5.91 Å². The van der Waals surface area contributed by atoms with Gasteiger partial charge in [-0.3, -0.25) is 9.59 Å². The molecular weight excluding hydrogens is 336 g/mol. The molecule has 4 heteroatoms. The van der Waals surface area contributed by atoms with Crippen molar-refractivity contribution in [2.45, 2.75) is 47.0 Å². The van der Waals surface area contributed by atoms with Gasteiger partial charge in [-0.15, -0.1) is 0 Å². The van der Waals surface area contributed by atoms with Gasteiger partial charge in [0.05, 0.1) is 0 Å². The molecule has 27 heavy (non-hydrogen) atoms. The van der Waals surface area contributed by atoms with Gasteiger partial charge in [0, 0.05) is 28.9 Å². The van der Waals surface area contributed by atoms with Crippen LogP contribution < -0.4 is 10.2 Å². The number of rotatable bonds is 4. The highest BCUT2D eigenvalue weighted by Crippen LogP contribution is 2.33. The van der Waals surface area contributed by atoms with E-state index < -0.39 is 5.41 Å². The smallest absolute Gasteiger partial charge is 0.255 e. The number of benzene rings is 2. The Labute approximate surface area is 161 Å². The summed E-state index contributed by atoms with van der Waals surface area (Å²) in [7, 11) is 0. The molecule has 2 aromatic carbocycles. The summed E-state index contributed by atoms with van der Waals surface area (Å²) in [5.41, 5.74) is 4.32.